The zero-order valence-corrected chi connectivity index (χ0v) is 9.73. The molecule has 0 heterocycles. The third-order valence-corrected chi connectivity index (χ3v) is 2.64. The summed E-state index contributed by atoms with van der Waals surface area (Å²) in [4.78, 5) is 1.10. The minimum Gasteiger partial charge on any atom is -0.489 e. The maximum atomic E-state index is 5.97. The molecule has 14 heavy (non-hydrogen) atoms. The van der Waals surface area contributed by atoms with Gasteiger partial charge in [-0.1, -0.05) is 13.0 Å². The largest absolute Gasteiger partial charge is 0.489 e. The molecule has 0 aliphatic heterocycles. The second-order valence-corrected chi connectivity index (χ2v) is 4.57. The molecule has 1 rings (SSSR count). The molecule has 0 unspecified atom stereocenters. The molecule has 2 nitrogen and oxygen atoms in total. The van der Waals surface area contributed by atoms with E-state index >= 15 is 0 Å². The highest BCUT2D eigenvalue weighted by molar-refractivity contribution is 7.99. The van der Waals surface area contributed by atoms with E-state index in [0.717, 1.165) is 22.1 Å². The Balaban J connectivity index is 2.89. The van der Waals surface area contributed by atoms with Gasteiger partial charge in [-0.15, -0.1) is 11.8 Å². The minimum atomic E-state index is 0.166. The molecule has 1 aromatic rings. The van der Waals surface area contributed by atoms with Gasteiger partial charge in [0.1, 0.15) is 5.75 Å². The maximum absolute atomic E-state index is 5.97. The van der Waals surface area contributed by atoms with Gasteiger partial charge in [0.15, 0.2) is 0 Å². The van der Waals surface area contributed by atoms with E-state index in [-0.39, 0.29) is 6.10 Å². The van der Waals surface area contributed by atoms with Crippen molar-refractivity contribution in [1.82, 2.24) is 0 Å². The second kappa shape index (κ2) is 5.15. The number of rotatable bonds is 4. The number of nitrogen functional groups attached to an aromatic ring is 1. The molecule has 0 saturated heterocycles. The normalized spacial score (nSPS) is 10.6. The molecule has 1 aromatic carbocycles. The predicted molar refractivity (Wildman–Crippen MR) is 63.0 cm³/mol. The van der Waals surface area contributed by atoms with Crippen molar-refractivity contribution < 1.29 is 4.74 Å². The van der Waals surface area contributed by atoms with E-state index < -0.39 is 0 Å². The first-order chi connectivity index (χ1) is 6.65. The molecule has 78 valence electrons. The van der Waals surface area contributed by atoms with Crippen LogP contribution < -0.4 is 10.5 Å². The van der Waals surface area contributed by atoms with E-state index in [4.69, 9.17) is 10.5 Å². The highest BCUT2D eigenvalue weighted by Gasteiger charge is 2.06. The van der Waals surface area contributed by atoms with Crippen molar-refractivity contribution in [3.8, 4) is 5.75 Å². The van der Waals surface area contributed by atoms with E-state index in [1.807, 2.05) is 32.0 Å². The van der Waals surface area contributed by atoms with Gasteiger partial charge < -0.3 is 10.5 Å². The lowest BCUT2D eigenvalue weighted by Gasteiger charge is -2.13. The van der Waals surface area contributed by atoms with Crippen molar-refractivity contribution in [3.05, 3.63) is 18.2 Å². The Kier molecular flexibility index (Phi) is 4.14. The average molecular weight is 211 g/mol. The standard InChI is InChI=1S/C11H17NOS/c1-4-14-10-7-5-6-9(11(10)12)13-8(2)3/h5-8H,4,12H2,1-3H3. The first-order valence-electron chi connectivity index (χ1n) is 4.83. The number of anilines is 1. The smallest absolute Gasteiger partial charge is 0.143 e. The molecule has 0 fully saturated rings. The van der Waals surface area contributed by atoms with Crippen LogP contribution in [0.2, 0.25) is 0 Å². The monoisotopic (exact) mass is 211 g/mol. The number of hydrogen-bond acceptors (Lipinski definition) is 3. The summed E-state index contributed by atoms with van der Waals surface area (Å²) in [6.45, 7) is 6.11. The Morgan fingerprint density at radius 1 is 1.43 bits per heavy atom. The van der Waals surface area contributed by atoms with Crippen molar-refractivity contribution >= 4 is 17.4 Å². The fraction of sp³-hybridized carbons (Fsp3) is 0.455. The summed E-state index contributed by atoms with van der Waals surface area (Å²) in [5, 5.41) is 0. The first-order valence-corrected chi connectivity index (χ1v) is 5.81. The third kappa shape index (κ3) is 2.84. The molecule has 0 atom stereocenters. The van der Waals surface area contributed by atoms with E-state index in [9.17, 15) is 0 Å². The Bertz CT molecular complexity index is 299. The zero-order valence-electron chi connectivity index (χ0n) is 8.91. The Hall–Kier alpha value is -0.830. The summed E-state index contributed by atoms with van der Waals surface area (Å²) in [6.07, 6.45) is 0.166. The maximum Gasteiger partial charge on any atom is 0.143 e. The lowest BCUT2D eigenvalue weighted by Crippen LogP contribution is -2.07. The van der Waals surface area contributed by atoms with Crippen molar-refractivity contribution in [2.24, 2.45) is 0 Å². The van der Waals surface area contributed by atoms with E-state index in [2.05, 4.69) is 6.92 Å². The fourth-order valence-electron chi connectivity index (χ4n) is 1.16. The molecular formula is C11H17NOS. The molecule has 0 aromatic heterocycles. The van der Waals surface area contributed by atoms with Gasteiger partial charge in [0.2, 0.25) is 0 Å². The quantitative estimate of drug-likeness (QED) is 0.613. The highest BCUT2D eigenvalue weighted by atomic mass is 32.2. The number of hydrogen-bond donors (Lipinski definition) is 1. The minimum absolute atomic E-state index is 0.166. The van der Waals surface area contributed by atoms with Gasteiger partial charge in [0.05, 0.1) is 11.8 Å². The van der Waals surface area contributed by atoms with Gasteiger partial charge in [-0.2, -0.15) is 0 Å². The molecule has 0 bridgehead atoms. The fourth-order valence-corrected chi connectivity index (χ4v) is 1.90. The van der Waals surface area contributed by atoms with Gasteiger partial charge in [-0.05, 0) is 31.7 Å². The first kappa shape index (κ1) is 11.2. The lowest BCUT2D eigenvalue weighted by molar-refractivity contribution is 0.243. The summed E-state index contributed by atoms with van der Waals surface area (Å²) in [6, 6.07) is 5.91. The van der Waals surface area contributed by atoms with Gasteiger partial charge in [-0.25, -0.2) is 0 Å². The Morgan fingerprint density at radius 3 is 2.71 bits per heavy atom. The number of nitrogens with two attached hydrogens (primary N) is 1. The third-order valence-electron chi connectivity index (χ3n) is 1.69. The van der Waals surface area contributed by atoms with Crippen molar-refractivity contribution in [1.29, 1.82) is 0 Å². The van der Waals surface area contributed by atoms with Crippen molar-refractivity contribution in [2.75, 3.05) is 11.5 Å². The van der Waals surface area contributed by atoms with E-state index in [1.54, 1.807) is 11.8 Å². The van der Waals surface area contributed by atoms with Crippen LogP contribution in [-0.4, -0.2) is 11.9 Å². The van der Waals surface area contributed by atoms with Crippen molar-refractivity contribution in [3.63, 3.8) is 0 Å². The molecule has 0 spiro atoms. The molecule has 2 N–H and O–H groups in total. The number of thioether (sulfide) groups is 1. The van der Waals surface area contributed by atoms with Crippen LogP contribution in [0.5, 0.6) is 5.75 Å². The summed E-state index contributed by atoms with van der Waals surface area (Å²) < 4.78 is 5.59. The van der Waals surface area contributed by atoms with Crippen LogP contribution >= 0.6 is 11.8 Å². The van der Waals surface area contributed by atoms with Gasteiger partial charge in [0.25, 0.3) is 0 Å². The summed E-state index contributed by atoms with van der Waals surface area (Å²) in [7, 11) is 0. The Labute approximate surface area is 89.8 Å². The van der Waals surface area contributed by atoms with Crippen LogP contribution in [0, 0.1) is 0 Å². The molecule has 3 heteroatoms. The number of para-hydroxylation sites is 1. The SMILES string of the molecule is CCSc1cccc(OC(C)C)c1N. The summed E-state index contributed by atoms with van der Waals surface area (Å²) >= 11 is 1.74. The van der Waals surface area contributed by atoms with Crippen LogP contribution in [-0.2, 0) is 0 Å². The molecule has 0 saturated carbocycles. The van der Waals surface area contributed by atoms with Gasteiger partial charge in [0, 0.05) is 4.90 Å². The predicted octanol–water partition coefficient (Wildman–Crippen LogP) is 3.17. The lowest BCUT2D eigenvalue weighted by atomic mass is 10.3. The number of benzene rings is 1. The number of ether oxygens (including phenoxy) is 1. The van der Waals surface area contributed by atoms with E-state index in [1.165, 1.54) is 0 Å². The van der Waals surface area contributed by atoms with Crippen LogP contribution in [0.15, 0.2) is 23.1 Å². The van der Waals surface area contributed by atoms with Crippen molar-refractivity contribution in [2.45, 2.75) is 31.8 Å². The van der Waals surface area contributed by atoms with Crippen LogP contribution in [0.3, 0.4) is 0 Å². The van der Waals surface area contributed by atoms with Gasteiger partial charge in [-0.3, -0.25) is 0 Å². The summed E-state index contributed by atoms with van der Waals surface area (Å²) in [5.41, 5.74) is 6.73. The topological polar surface area (TPSA) is 35.2 Å². The zero-order chi connectivity index (χ0) is 10.6. The average Bonchev–Trinajstić information content (AvgIpc) is 2.11. The highest BCUT2D eigenvalue weighted by Crippen LogP contribution is 2.32. The van der Waals surface area contributed by atoms with E-state index in [0.29, 0.717) is 0 Å². The Morgan fingerprint density at radius 2 is 2.14 bits per heavy atom. The molecule has 0 radical (unpaired) electrons. The summed E-state index contributed by atoms with van der Waals surface area (Å²) in [5.74, 6) is 1.81. The molecular weight excluding hydrogens is 194 g/mol. The molecule has 0 aliphatic carbocycles. The van der Waals surface area contributed by atoms with Crippen LogP contribution in [0.1, 0.15) is 20.8 Å². The second-order valence-electron chi connectivity index (χ2n) is 3.27. The van der Waals surface area contributed by atoms with Gasteiger partial charge >= 0.3 is 0 Å². The molecule has 0 aliphatic rings. The van der Waals surface area contributed by atoms with Crippen LogP contribution in [0.25, 0.3) is 0 Å². The molecule has 0 amide bonds. The van der Waals surface area contributed by atoms with Crippen LogP contribution in [0.4, 0.5) is 5.69 Å².